The lowest BCUT2D eigenvalue weighted by Crippen LogP contribution is -2.16. The van der Waals surface area contributed by atoms with Crippen LogP contribution in [0.15, 0.2) is 42.5 Å². The van der Waals surface area contributed by atoms with Crippen LogP contribution in [0.2, 0.25) is 0 Å². The van der Waals surface area contributed by atoms with Crippen LogP contribution in [0, 0.1) is 0 Å². The average Bonchev–Trinajstić information content (AvgIpc) is 2.93. The first-order valence-corrected chi connectivity index (χ1v) is 8.04. The highest BCUT2D eigenvalue weighted by Gasteiger charge is 2.15. The molecule has 1 heterocycles. The van der Waals surface area contributed by atoms with Crippen molar-refractivity contribution in [2.45, 2.75) is 45.6 Å². The average molecular weight is 285 g/mol. The second kappa shape index (κ2) is 7.89. The van der Waals surface area contributed by atoms with E-state index in [1.54, 1.807) is 0 Å². The van der Waals surface area contributed by atoms with E-state index >= 15 is 0 Å². The maximum absolute atomic E-state index is 6.36. The van der Waals surface area contributed by atoms with Gasteiger partial charge in [-0.3, -0.25) is 4.57 Å². The van der Waals surface area contributed by atoms with Gasteiger partial charge in [-0.1, -0.05) is 44.9 Å². The van der Waals surface area contributed by atoms with Gasteiger partial charge >= 0.3 is 0 Å². The van der Waals surface area contributed by atoms with Crippen molar-refractivity contribution in [3.63, 3.8) is 0 Å². The Hall–Kier alpha value is -1.74. The second-order valence-electron chi connectivity index (χ2n) is 5.49. The van der Waals surface area contributed by atoms with Crippen molar-refractivity contribution in [2.75, 3.05) is 11.9 Å². The van der Waals surface area contributed by atoms with Gasteiger partial charge in [0.05, 0.1) is 0 Å². The first-order chi connectivity index (χ1) is 10.3. The molecular weight excluding hydrogens is 258 g/mol. The van der Waals surface area contributed by atoms with E-state index in [1.165, 1.54) is 24.2 Å². The number of hydrogen-bond acceptors (Lipinski definition) is 2. The van der Waals surface area contributed by atoms with Gasteiger partial charge in [0.15, 0.2) is 0 Å². The molecule has 0 saturated heterocycles. The van der Waals surface area contributed by atoms with Gasteiger partial charge in [-0.15, -0.1) is 0 Å². The van der Waals surface area contributed by atoms with E-state index in [2.05, 4.69) is 60.1 Å². The molecule has 0 radical (unpaired) electrons. The molecule has 0 spiro atoms. The van der Waals surface area contributed by atoms with Gasteiger partial charge < -0.3 is 11.1 Å². The Morgan fingerprint density at radius 3 is 2.48 bits per heavy atom. The van der Waals surface area contributed by atoms with Crippen LogP contribution in [0.25, 0.3) is 5.69 Å². The molecule has 1 aromatic heterocycles. The van der Waals surface area contributed by atoms with Gasteiger partial charge in [-0.2, -0.15) is 0 Å². The number of anilines is 1. The maximum atomic E-state index is 6.36. The van der Waals surface area contributed by atoms with Crippen LogP contribution in [0.3, 0.4) is 0 Å². The molecule has 0 aliphatic heterocycles. The molecule has 114 valence electrons. The SMILES string of the molecule is CCCCNc1ccc(C(N)CCC)n1-c1ccccc1. The highest BCUT2D eigenvalue weighted by Crippen LogP contribution is 2.26. The molecule has 1 unspecified atom stereocenters. The normalized spacial score (nSPS) is 12.3. The number of unbranched alkanes of at least 4 members (excludes halogenated alkanes) is 1. The van der Waals surface area contributed by atoms with E-state index in [1.807, 2.05) is 6.07 Å². The number of nitrogens with zero attached hydrogens (tertiary/aromatic N) is 1. The van der Waals surface area contributed by atoms with Gasteiger partial charge in [0, 0.05) is 24.0 Å². The minimum atomic E-state index is 0.0805. The zero-order valence-corrected chi connectivity index (χ0v) is 13.2. The Kier molecular flexibility index (Phi) is 5.88. The summed E-state index contributed by atoms with van der Waals surface area (Å²) in [7, 11) is 0. The van der Waals surface area contributed by atoms with Crippen LogP contribution < -0.4 is 11.1 Å². The van der Waals surface area contributed by atoms with Gasteiger partial charge in [-0.05, 0) is 37.1 Å². The van der Waals surface area contributed by atoms with Crippen molar-refractivity contribution < 1.29 is 0 Å². The fraction of sp³-hybridized carbons (Fsp3) is 0.444. The van der Waals surface area contributed by atoms with Gasteiger partial charge in [-0.25, -0.2) is 0 Å². The molecule has 3 nitrogen and oxygen atoms in total. The Morgan fingerprint density at radius 1 is 1.05 bits per heavy atom. The number of para-hydroxylation sites is 1. The second-order valence-corrected chi connectivity index (χ2v) is 5.49. The topological polar surface area (TPSA) is 43.0 Å². The Bertz CT molecular complexity index is 531. The number of nitrogens with two attached hydrogens (primary N) is 1. The predicted molar refractivity (Wildman–Crippen MR) is 91.0 cm³/mol. The molecule has 2 rings (SSSR count). The summed E-state index contributed by atoms with van der Waals surface area (Å²) in [6.07, 6.45) is 4.47. The number of aromatic nitrogens is 1. The summed E-state index contributed by atoms with van der Waals surface area (Å²) in [6, 6.07) is 14.8. The summed E-state index contributed by atoms with van der Waals surface area (Å²) in [5.41, 5.74) is 8.72. The third-order valence-electron chi connectivity index (χ3n) is 3.74. The lowest BCUT2D eigenvalue weighted by molar-refractivity contribution is 0.611. The highest BCUT2D eigenvalue weighted by atomic mass is 15.1. The third-order valence-corrected chi connectivity index (χ3v) is 3.74. The zero-order valence-electron chi connectivity index (χ0n) is 13.2. The first kappa shape index (κ1) is 15.6. The number of benzene rings is 1. The molecule has 0 saturated carbocycles. The molecule has 3 N–H and O–H groups in total. The number of rotatable bonds is 8. The Morgan fingerprint density at radius 2 is 1.81 bits per heavy atom. The summed E-state index contributed by atoms with van der Waals surface area (Å²) in [6.45, 7) is 5.38. The van der Waals surface area contributed by atoms with Crippen molar-refractivity contribution in [3.05, 3.63) is 48.2 Å². The summed E-state index contributed by atoms with van der Waals surface area (Å²) in [5, 5.41) is 3.54. The molecule has 0 fully saturated rings. The van der Waals surface area contributed by atoms with E-state index in [0.717, 1.165) is 25.2 Å². The molecule has 0 aliphatic rings. The van der Waals surface area contributed by atoms with E-state index in [0.29, 0.717) is 0 Å². The van der Waals surface area contributed by atoms with Crippen LogP contribution >= 0.6 is 0 Å². The largest absolute Gasteiger partial charge is 0.371 e. The van der Waals surface area contributed by atoms with Crippen LogP contribution in [0.5, 0.6) is 0 Å². The van der Waals surface area contributed by atoms with Crippen LogP contribution in [0.1, 0.15) is 51.3 Å². The van der Waals surface area contributed by atoms with Crippen molar-refractivity contribution in [1.82, 2.24) is 4.57 Å². The Labute approximate surface area is 128 Å². The number of hydrogen-bond donors (Lipinski definition) is 2. The molecular formula is C18H27N3. The third kappa shape index (κ3) is 3.88. The molecule has 0 amide bonds. The van der Waals surface area contributed by atoms with Crippen LogP contribution in [-0.4, -0.2) is 11.1 Å². The van der Waals surface area contributed by atoms with E-state index in [9.17, 15) is 0 Å². The van der Waals surface area contributed by atoms with Gasteiger partial charge in [0.25, 0.3) is 0 Å². The van der Waals surface area contributed by atoms with Crippen molar-refractivity contribution in [2.24, 2.45) is 5.73 Å². The summed E-state index contributed by atoms with van der Waals surface area (Å²) >= 11 is 0. The van der Waals surface area contributed by atoms with E-state index in [4.69, 9.17) is 5.73 Å². The molecule has 1 atom stereocenters. The highest BCUT2D eigenvalue weighted by molar-refractivity contribution is 5.50. The predicted octanol–water partition coefficient (Wildman–Crippen LogP) is 4.49. The first-order valence-electron chi connectivity index (χ1n) is 8.04. The molecule has 1 aromatic carbocycles. The molecule has 0 bridgehead atoms. The fourth-order valence-corrected chi connectivity index (χ4v) is 2.60. The summed E-state index contributed by atoms with van der Waals surface area (Å²) in [4.78, 5) is 0. The summed E-state index contributed by atoms with van der Waals surface area (Å²) < 4.78 is 2.26. The number of nitrogens with one attached hydrogen (secondary N) is 1. The quantitative estimate of drug-likeness (QED) is 0.702. The molecule has 3 heteroatoms. The smallest absolute Gasteiger partial charge is 0.110 e. The lowest BCUT2D eigenvalue weighted by atomic mass is 10.1. The monoisotopic (exact) mass is 285 g/mol. The Balaban J connectivity index is 2.33. The molecule has 0 aliphatic carbocycles. The minimum Gasteiger partial charge on any atom is -0.371 e. The summed E-state index contributed by atoms with van der Waals surface area (Å²) in [5.74, 6) is 1.14. The minimum absolute atomic E-state index is 0.0805. The van der Waals surface area contributed by atoms with Gasteiger partial charge in [0.1, 0.15) is 5.82 Å². The van der Waals surface area contributed by atoms with Crippen LogP contribution in [-0.2, 0) is 0 Å². The van der Waals surface area contributed by atoms with E-state index < -0.39 is 0 Å². The molecule has 21 heavy (non-hydrogen) atoms. The maximum Gasteiger partial charge on any atom is 0.110 e. The fourth-order valence-electron chi connectivity index (χ4n) is 2.60. The van der Waals surface area contributed by atoms with E-state index in [-0.39, 0.29) is 6.04 Å². The standard InChI is InChI=1S/C18H27N3/c1-3-5-14-20-18-13-12-17(16(19)9-4-2)21(18)15-10-7-6-8-11-15/h6-8,10-13,16,20H,3-5,9,14,19H2,1-2H3. The van der Waals surface area contributed by atoms with Crippen molar-refractivity contribution >= 4 is 5.82 Å². The molecule has 2 aromatic rings. The van der Waals surface area contributed by atoms with Crippen LogP contribution in [0.4, 0.5) is 5.82 Å². The van der Waals surface area contributed by atoms with Crippen molar-refractivity contribution in [1.29, 1.82) is 0 Å². The van der Waals surface area contributed by atoms with Crippen molar-refractivity contribution in [3.8, 4) is 5.69 Å². The zero-order chi connectivity index (χ0) is 15.1. The van der Waals surface area contributed by atoms with Gasteiger partial charge in [0.2, 0.25) is 0 Å². The lowest BCUT2D eigenvalue weighted by Gasteiger charge is -2.18.